The summed E-state index contributed by atoms with van der Waals surface area (Å²) in [6.45, 7) is 0. The summed E-state index contributed by atoms with van der Waals surface area (Å²) in [5, 5.41) is 9.14. The average molecular weight is 247 g/mol. The zero-order valence-corrected chi connectivity index (χ0v) is 9.39. The predicted molar refractivity (Wildman–Crippen MR) is 63.4 cm³/mol. The number of carboxylic acid groups (broad SMARTS) is 1. The van der Waals surface area contributed by atoms with Crippen LogP contribution < -0.4 is 5.43 Å². The molecule has 0 saturated heterocycles. The molecule has 18 heavy (non-hydrogen) atoms. The normalized spacial score (nSPS) is 14.9. The molecule has 0 bridgehead atoms. The van der Waals surface area contributed by atoms with Crippen LogP contribution >= 0.6 is 0 Å². The molecule has 1 heterocycles. The van der Waals surface area contributed by atoms with Crippen LogP contribution in [-0.4, -0.2) is 15.6 Å². The predicted octanol–water partition coefficient (Wildman–Crippen LogP) is 2.17. The molecule has 1 aliphatic carbocycles. The fourth-order valence-electron chi connectivity index (χ4n) is 2.13. The third-order valence-electron chi connectivity index (χ3n) is 3.16. The van der Waals surface area contributed by atoms with Gasteiger partial charge >= 0.3 is 5.97 Å². The van der Waals surface area contributed by atoms with E-state index in [1.54, 1.807) is 4.57 Å². The Hall–Kier alpha value is -2.17. The molecule has 92 valence electrons. The molecule has 0 radical (unpaired) electrons. The van der Waals surface area contributed by atoms with Crippen molar-refractivity contribution in [1.29, 1.82) is 0 Å². The van der Waals surface area contributed by atoms with Gasteiger partial charge in [-0.2, -0.15) is 0 Å². The fourth-order valence-corrected chi connectivity index (χ4v) is 2.13. The molecule has 1 aliphatic rings. The average Bonchev–Trinajstić information content (AvgIpc) is 3.14. The first kappa shape index (κ1) is 11.0. The molecule has 0 aliphatic heterocycles. The smallest absolute Gasteiger partial charge is 0.341 e. The summed E-state index contributed by atoms with van der Waals surface area (Å²) in [6, 6.07) is 4.12. The van der Waals surface area contributed by atoms with Crippen LogP contribution in [0.25, 0.3) is 10.9 Å². The molecule has 0 atom stereocenters. The van der Waals surface area contributed by atoms with Crippen molar-refractivity contribution in [1.82, 2.24) is 4.57 Å². The van der Waals surface area contributed by atoms with E-state index >= 15 is 0 Å². The highest BCUT2D eigenvalue weighted by Gasteiger charge is 2.26. The molecular formula is C13H10FNO3. The second-order valence-electron chi connectivity index (χ2n) is 4.48. The van der Waals surface area contributed by atoms with E-state index in [2.05, 4.69) is 0 Å². The van der Waals surface area contributed by atoms with Crippen LogP contribution in [0.15, 0.2) is 29.2 Å². The van der Waals surface area contributed by atoms with Crippen molar-refractivity contribution >= 4 is 16.9 Å². The lowest BCUT2D eigenvalue weighted by atomic mass is 10.1. The summed E-state index contributed by atoms with van der Waals surface area (Å²) in [7, 11) is 0. The zero-order chi connectivity index (χ0) is 12.9. The van der Waals surface area contributed by atoms with Gasteiger partial charge in [0.05, 0.1) is 5.52 Å². The van der Waals surface area contributed by atoms with E-state index in [1.807, 2.05) is 0 Å². The van der Waals surface area contributed by atoms with Crippen LogP contribution in [0.2, 0.25) is 0 Å². The minimum absolute atomic E-state index is 0.127. The van der Waals surface area contributed by atoms with Gasteiger partial charge in [-0.15, -0.1) is 0 Å². The number of aromatic carboxylic acids is 1. The van der Waals surface area contributed by atoms with E-state index in [0.29, 0.717) is 5.52 Å². The van der Waals surface area contributed by atoms with Crippen LogP contribution in [0.1, 0.15) is 29.2 Å². The van der Waals surface area contributed by atoms with E-state index in [9.17, 15) is 14.0 Å². The van der Waals surface area contributed by atoms with E-state index in [0.717, 1.165) is 18.9 Å². The molecule has 5 heteroatoms. The summed E-state index contributed by atoms with van der Waals surface area (Å²) < 4.78 is 15.0. The minimum Gasteiger partial charge on any atom is -0.477 e. The minimum atomic E-state index is -1.28. The second-order valence-corrected chi connectivity index (χ2v) is 4.48. The van der Waals surface area contributed by atoms with Crippen molar-refractivity contribution in [2.75, 3.05) is 0 Å². The number of aromatic nitrogens is 1. The second kappa shape index (κ2) is 3.66. The SMILES string of the molecule is O=C(O)c1cn(C2CC2)c2ccc(F)cc2c1=O. The first-order chi connectivity index (χ1) is 8.58. The Labute approximate surface area is 101 Å². The Balaban J connectivity index is 2.43. The molecule has 2 aromatic rings. The van der Waals surface area contributed by atoms with Gasteiger partial charge < -0.3 is 9.67 Å². The number of hydrogen-bond acceptors (Lipinski definition) is 2. The number of benzene rings is 1. The largest absolute Gasteiger partial charge is 0.477 e. The molecule has 1 aromatic carbocycles. The third kappa shape index (κ3) is 1.59. The molecule has 3 rings (SSSR count). The van der Waals surface area contributed by atoms with Crippen LogP contribution in [0.3, 0.4) is 0 Å². The number of halogens is 1. The lowest BCUT2D eigenvalue weighted by molar-refractivity contribution is 0.0695. The van der Waals surface area contributed by atoms with Gasteiger partial charge in [0.1, 0.15) is 11.4 Å². The molecule has 1 fully saturated rings. The fraction of sp³-hybridized carbons (Fsp3) is 0.231. The summed E-state index contributed by atoms with van der Waals surface area (Å²) in [4.78, 5) is 23.0. The standard InChI is InChI=1S/C13H10FNO3/c14-7-1-4-11-9(5-7)12(16)10(13(17)18)6-15(11)8-2-3-8/h1,4-6,8H,2-3H2,(H,17,18). The Kier molecular flexibility index (Phi) is 2.23. The summed E-state index contributed by atoms with van der Waals surface area (Å²) in [5.74, 6) is -1.81. The van der Waals surface area contributed by atoms with E-state index in [1.165, 1.54) is 18.3 Å². The Bertz CT molecular complexity index is 716. The van der Waals surface area contributed by atoms with E-state index in [-0.39, 0.29) is 17.0 Å². The Morgan fingerprint density at radius 3 is 2.72 bits per heavy atom. The number of carbonyl (C=O) groups is 1. The van der Waals surface area contributed by atoms with Gasteiger partial charge in [-0.3, -0.25) is 4.79 Å². The lowest BCUT2D eigenvalue weighted by Crippen LogP contribution is -2.18. The maximum Gasteiger partial charge on any atom is 0.341 e. The molecule has 0 unspecified atom stereocenters. The maximum absolute atomic E-state index is 13.2. The number of carboxylic acids is 1. The first-order valence-electron chi connectivity index (χ1n) is 5.65. The summed E-state index contributed by atoms with van der Waals surface area (Å²) in [6.07, 6.45) is 3.27. The molecule has 1 N–H and O–H groups in total. The van der Waals surface area contributed by atoms with Crippen molar-refractivity contribution in [2.45, 2.75) is 18.9 Å². The van der Waals surface area contributed by atoms with Gasteiger partial charge in [0.25, 0.3) is 0 Å². The first-order valence-corrected chi connectivity index (χ1v) is 5.65. The quantitative estimate of drug-likeness (QED) is 0.884. The van der Waals surface area contributed by atoms with Crippen molar-refractivity contribution in [3.05, 3.63) is 46.0 Å². The monoisotopic (exact) mass is 247 g/mol. The molecule has 0 spiro atoms. The maximum atomic E-state index is 13.2. The van der Waals surface area contributed by atoms with Gasteiger partial charge in [0.2, 0.25) is 5.43 Å². The number of rotatable bonds is 2. The highest BCUT2D eigenvalue weighted by atomic mass is 19.1. The van der Waals surface area contributed by atoms with Gasteiger partial charge in [0, 0.05) is 17.6 Å². The van der Waals surface area contributed by atoms with Crippen molar-refractivity contribution < 1.29 is 14.3 Å². The van der Waals surface area contributed by atoms with Gasteiger partial charge in [0.15, 0.2) is 0 Å². The third-order valence-corrected chi connectivity index (χ3v) is 3.16. The van der Waals surface area contributed by atoms with E-state index in [4.69, 9.17) is 5.11 Å². The van der Waals surface area contributed by atoms with Crippen LogP contribution in [0.4, 0.5) is 4.39 Å². The van der Waals surface area contributed by atoms with Crippen LogP contribution in [0.5, 0.6) is 0 Å². The zero-order valence-electron chi connectivity index (χ0n) is 9.39. The lowest BCUT2D eigenvalue weighted by Gasteiger charge is -2.11. The topological polar surface area (TPSA) is 59.3 Å². The van der Waals surface area contributed by atoms with Crippen molar-refractivity contribution in [3.63, 3.8) is 0 Å². The number of nitrogens with zero attached hydrogens (tertiary/aromatic N) is 1. The molecule has 4 nitrogen and oxygen atoms in total. The highest BCUT2D eigenvalue weighted by Crippen LogP contribution is 2.36. The number of pyridine rings is 1. The van der Waals surface area contributed by atoms with Gasteiger partial charge in [-0.1, -0.05) is 0 Å². The number of hydrogen-bond donors (Lipinski definition) is 1. The van der Waals surface area contributed by atoms with Gasteiger partial charge in [-0.25, -0.2) is 9.18 Å². The van der Waals surface area contributed by atoms with Crippen LogP contribution in [-0.2, 0) is 0 Å². The summed E-state index contributed by atoms with van der Waals surface area (Å²) in [5.41, 5.74) is -0.345. The Morgan fingerprint density at radius 2 is 2.11 bits per heavy atom. The molecule has 1 saturated carbocycles. The van der Waals surface area contributed by atoms with Crippen LogP contribution in [0, 0.1) is 5.82 Å². The van der Waals surface area contributed by atoms with E-state index < -0.39 is 17.2 Å². The molecular weight excluding hydrogens is 237 g/mol. The van der Waals surface area contributed by atoms with Crippen molar-refractivity contribution in [3.8, 4) is 0 Å². The Morgan fingerprint density at radius 1 is 1.39 bits per heavy atom. The highest BCUT2D eigenvalue weighted by molar-refractivity contribution is 5.92. The summed E-state index contributed by atoms with van der Waals surface area (Å²) >= 11 is 0. The number of fused-ring (bicyclic) bond motifs is 1. The molecule has 1 aromatic heterocycles. The molecule has 0 amide bonds. The van der Waals surface area contributed by atoms with Gasteiger partial charge in [-0.05, 0) is 31.0 Å². The van der Waals surface area contributed by atoms with Crippen molar-refractivity contribution in [2.24, 2.45) is 0 Å².